The zero-order valence-corrected chi connectivity index (χ0v) is 20.0. The Morgan fingerprint density at radius 2 is 1.53 bits per heavy atom. The zero-order valence-electron chi connectivity index (χ0n) is 20.0. The second-order valence-corrected chi connectivity index (χ2v) is 8.66. The number of halogens is 1. The predicted molar refractivity (Wildman–Crippen MR) is 134 cm³/mol. The molecule has 0 aliphatic rings. The van der Waals surface area contributed by atoms with Crippen molar-refractivity contribution in [3.63, 3.8) is 0 Å². The van der Waals surface area contributed by atoms with Gasteiger partial charge in [0.1, 0.15) is 11.9 Å². The molecule has 34 heavy (non-hydrogen) atoms. The van der Waals surface area contributed by atoms with E-state index in [0.29, 0.717) is 25.1 Å². The lowest BCUT2D eigenvalue weighted by Gasteiger charge is -2.32. The average molecular weight is 461 g/mol. The summed E-state index contributed by atoms with van der Waals surface area (Å²) in [6.45, 7) is 4.98. The molecule has 0 aliphatic heterocycles. The van der Waals surface area contributed by atoms with Crippen LogP contribution in [-0.4, -0.2) is 29.3 Å². The summed E-state index contributed by atoms with van der Waals surface area (Å²) in [6, 6.07) is 23.0. The number of hydrogen-bond donors (Lipinski definition) is 1. The molecule has 0 bridgehead atoms. The minimum Gasteiger partial charge on any atom is -0.354 e. The van der Waals surface area contributed by atoms with Gasteiger partial charge in [-0.25, -0.2) is 4.39 Å². The van der Waals surface area contributed by atoms with Crippen molar-refractivity contribution >= 4 is 11.8 Å². The van der Waals surface area contributed by atoms with Crippen molar-refractivity contribution in [3.05, 3.63) is 107 Å². The second kappa shape index (κ2) is 12.7. The first-order valence-corrected chi connectivity index (χ1v) is 11.9. The maximum absolute atomic E-state index is 13.6. The maximum atomic E-state index is 13.6. The van der Waals surface area contributed by atoms with Crippen LogP contribution in [0.4, 0.5) is 4.39 Å². The number of hydrogen-bond acceptors (Lipinski definition) is 2. The fraction of sp³-hybridized carbons (Fsp3) is 0.310. The molecule has 0 heterocycles. The molecule has 0 saturated heterocycles. The van der Waals surface area contributed by atoms with E-state index in [1.54, 1.807) is 17.0 Å². The first-order valence-electron chi connectivity index (χ1n) is 11.9. The molecule has 2 amide bonds. The van der Waals surface area contributed by atoms with Gasteiger partial charge in [0.2, 0.25) is 11.8 Å². The molecule has 1 atom stereocenters. The highest BCUT2D eigenvalue weighted by atomic mass is 19.1. The monoisotopic (exact) mass is 460 g/mol. The van der Waals surface area contributed by atoms with E-state index in [9.17, 15) is 14.0 Å². The van der Waals surface area contributed by atoms with E-state index in [4.69, 9.17) is 0 Å². The lowest BCUT2D eigenvalue weighted by atomic mass is 10.0. The average Bonchev–Trinajstić information content (AvgIpc) is 2.84. The summed E-state index contributed by atoms with van der Waals surface area (Å²) in [5, 5.41) is 3.02. The van der Waals surface area contributed by atoms with Gasteiger partial charge in [-0.1, -0.05) is 85.6 Å². The van der Waals surface area contributed by atoms with Gasteiger partial charge in [-0.05, 0) is 42.2 Å². The van der Waals surface area contributed by atoms with Crippen LogP contribution >= 0.6 is 0 Å². The number of unbranched alkanes of at least 4 members (excludes halogenated alkanes) is 1. The van der Waals surface area contributed by atoms with Crippen molar-refractivity contribution in [3.8, 4) is 0 Å². The van der Waals surface area contributed by atoms with Crippen LogP contribution in [0.15, 0.2) is 78.9 Å². The molecular weight excluding hydrogens is 427 g/mol. The lowest BCUT2D eigenvalue weighted by Crippen LogP contribution is -2.51. The number of benzene rings is 3. The Hall–Kier alpha value is -3.47. The molecule has 3 aromatic rings. The third kappa shape index (κ3) is 7.55. The Balaban J connectivity index is 1.92. The van der Waals surface area contributed by atoms with Gasteiger partial charge < -0.3 is 10.2 Å². The standard InChI is InChI=1S/C29H33FN2O2/c1-3-4-18-31-29(34)27(19-23-8-6-5-7-9-23)32(21-25-12-10-22(2)11-13-25)28(33)20-24-14-16-26(30)17-15-24/h5-17,27H,3-4,18-21H2,1-2H3,(H,31,34)/t27-/m0/s1. The van der Waals surface area contributed by atoms with Gasteiger partial charge in [0, 0.05) is 19.5 Å². The minimum absolute atomic E-state index is 0.0969. The molecule has 0 spiro atoms. The van der Waals surface area contributed by atoms with Crippen LogP contribution in [0, 0.1) is 12.7 Å². The summed E-state index contributed by atoms with van der Waals surface area (Å²) in [7, 11) is 0. The van der Waals surface area contributed by atoms with E-state index in [0.717, 1.165) is 29.5 Å². The molecule has 5 heteroatoms. The van der Waals surface area contributed by atoms with Crippen molar-refractivity contribution in [2.45, 2.75) is 52.1 Å². The van der Waals surface area contributed by atoms with E-state index < -0.39 is 6.04 Å². The Bertz CT molecular complexity index is 1050. The van der Waals surface area contributed by atoms with Crippen LogP contribution in [-0.2, 0) is 29.0 Å². The van der Waals surface area contributed by atoms with Crippen molar-refractivity contribution in [1.82, 2.24) is 10.2 Å². The summed E-state index contributed by atoms with van der Waals surface area (Å²) >= 11 is 0. The van der Waals surface area contributed by atoms with Crippen molar-refractivity contribution in [2.24, 2.45) is 0 Å². The van der Waals surface area contributed by atoms with Gasteiger partial charge in [-0.3, -0.25) is 9.59 Å². The fourth-order valence-corrected chi connectivity index (χ4v) is 3.83. The Labute approximate surface area is 201 Å². The van der Waals surface area contributed by atoms with Crippen molar-refractivity contribution < 1.29 is 14.0 Å². The Morgan fingerprint density at radius 1 is 0.882 bits per heavy atom. The van der Waals surface area contributed by atoms with Crippen LogP contribution in [0.1, 0.15) is 42.0 Å². The van der Waals surface area contributed by atoms with Crippen LogP contribution in [0.3, 0.4) is 0 Å². The highest BCUT2D eigenvalue weighted by Crippen LogP contribution is 2.17. The van der Waals surface area contributed by atoms with E-state index in [-0.39, 0.29) is 24.1 Å². The molecule has 0 fully saturated rings. The molecule has 3 rings (SSSR count). The third-order valence-corrected chi connectivity index (χ3v) is 5.84. The number of aryl methyl sites for hydroxylation is 1. The molecule has 1 N–H and O–H groups in total. The molecular formula is C29H33FN2O2. The van der Waals surface area contributed by atoms with Gasteiger partial charge in [0.15, 0.2) is 0 Å². The lowest BCUT2D eigenvalue weighted by molar-refractivity contribution is -0.140. The van der Waals surface area contributed by atoms with E-state index >= 15 is 0 Å². The van der Waals surface area contributed by atoms with Crippen molar-refractivity contribution in [1.29, 1.82) is 0 Å². The smallest absolute Gasteiger partial charge is 0.243 e. The van der Waals surface area contributed by atoms with E-state index in [2.05, 4.69) is 12.2 Å². The molecule has 0 radical (unpaired) electrons. The maximum Gasteiger partial charge on any atom is 0.243 e. The van der Waals surface area contributed by atoms with Gasteiger partial charge in [0.05, 0.1) is 6.42 Å². The third-order valence-electron chi connectivity index (χ3n) is 5.84. The molecule has 3 aromatic carbocycles. The van der Waals surface area contributed by atoms with Crippen LogP contribution in [0.5, 0.6) is 0 Å². The largest absolute Gasteiger partial charge is 0.354 e. The highest BCUT2D eigenvalue weighted by Gasteiger charge is 2.30. The number of nitrogens with one attached hydrogen (secondary N) is 1. The molecule has 4 nitrogen and oxygen atoms in total. The minimum atomic E-state index is -0.659. The van der Waals surface area contributed by atoms with Gasteiger partial charge in [-0.2, -0.15) is 0 Å². The van der Waals surface area contributed by atoms with Crippen LogP contribution in [0.2, 0.25) is 0 Å². The van der Waals surface area contributed by atoms with Gasteiger partial charge >= 0.3 is 0 Å². The second-order valence-electron chi connectivity index (χ2n) is 8.66. The molecule has 0 aromatic heterocycles. The zero-order chi connectivity index (χ0) is 24.3. The van der Waals surface area contributed by atoms with Gasteiger partial charge in [-0.15, -0.1) is 0 Å². The number of carbonyl (C=O) groups is 2. The Kier molecular flexibility index (Phi) is 9.39. The number of amides is 2. The predicted octanol–water partition coefficient (Wildman–Crippen LogP) is 5.23. The summed E-state index contributed by atoms with van der Waals surface area (Å²) in [6.07, 6.45) is 2.37. The van der Waals surface area contributed by atoms with E-state index in [1.807, 2.05) is 61.5 Å². The first kappa shape index (κ1) is 25.2. The van der Waals surface area contributed by atoms with Gasteiger partial charge in [0.25, 0.3) is 0 Å². The highest BCUT2D eigenvalue weighted by molar-refractivity contribution is 5.88. The molecule has 178 valence electrons. The summed E-state index contributed by atoms with van der Waals surface area (Å²) in [5.41, 5.74) is 3.79. The summed E-state index contributed by atoms with van der Waals surface area (Å²) < 4.78 is 13.4. The number of nitrogens with zero attached hydrogens (tertiary/aromatic N) is 1. The summed E-state index contributed by atoms with van der Waals surface area (Å²) in [5.74, 6) is -0.666. The van der Waals surface area contributed by atoms with Crippen LogP contribution < -0.4 is 5.32 Å². The van der Waals surface area contributed by atoms with Crippen LogP contribution in [0.25, 0.3) is 0 Å². The van der Waals surface area contributed by atoms with Crippen molar-refractivity contribution in [2.75, 3.05) is 6.54 Å². The topological polar surface area (TPSA) is 49.4 Å². The molecule has 0 unspecified atom stereocenters. The number of carbonyl (C=O) groups excluding carboxylic acids is 2. The SMILES string of the molecule is CCCCNC(=O)[C@H](Cc1ccccc1)N(Cc1ccc(C)cc1)C(=O)Cc1ccc(F)cc1. The molecule has 0 saturated carbocycles. The normalized spacial score (nSPS) is 11.6. The molecule has 0 aliphatic carbocycles. The number of rotatable bonds is 11. The summed E-state index contributed by atoms with van der Waals surface area (Å²) in [4.78, 5) is 28.6. The fourth-order valence-electron chi connectivity index (χ4n) is 3.83. The van der Waals surface area contributed by atoms with E-state index in [1.165, 1.54) is 12.1 Å². The first-order chi connectivity index (χ1) is 16.5. The Morgan fingerprint density at radius 3 is 2.18 bits per heavy atom. The quantitative estimate of drug-likeness (QED) is 0.398.